The lowest BCUT2D eigenvalue weighted by Gasteiger charge is -2.32. The van der Waals surface area contributed by atoms with Crippen LogP contribution in [0.15, 0.2) is 47.4 Å². The molecular formula is C16H20F3NO4S. The molecule has 0 spiro atoms. The third kappa shape index (κ3) is 5.05. The van der Waals surface area contributed by atoms with Crippen molar-refractivity contribution in [2.24, 2.45) is 0 Å². The monoisotopic (exact) mass is 379 g/mol. The average molecular weight is 379 g/mol. The lowest BCUT2D eigenvalue weighted by Crippen LogP contribution is -2.64. The lowest BCUT2D eigenvalue weighted by atomic mass is 9.95. The zero-order valence-corrected chi connectivity index (χ0v) is 14.7. The predicted molar refractivity (Wildman–Crippen MR) is 86.2 cm³/mol. The zero-order chi connectivity index (χ0) is 19.1. The first-order valence-corrected chi connectivity index (χ1v) is 8.98. The Morgan fingerprint density at radius 1 is 1.20 bits per heavy atom. The summed E-state index contributed by atoms with van der Waals surface area (Å²) in [6, 6.07) is 6.51. The molecule has 1 rings (SSSR count). The fourth-order valence-corrected chi connectivity index (χ4v) is 3.44. The van der Waals surface area contributed by atoms with Crippen molar-refractivity contribution in [1.82, 2.24) is 4.72 Å². The van der Waals surface area contributed by atoms with E-state index in [0.29, 0.717) is 12.8 Å². The first-order chi connectivity index (χ1) is 11.6. The number of alkyl halides is 3. The van der Waals surface area contributed by atoms with Crippen molar-refractivity contribution in [2.45, 2.75) is 42.8 Å². The number of ether oxygens (including phenoxy) is 1. The Kier molecular flexibility index (Phi) is 7.18. The predicted octanol–water partition coefficient (Wildman–Crippen LogP) is 3.19. The topological polar surface area (TPSA) is 72.5 Å². The second kappa shape index (κ2) is 8.48. The van der Waals surface area contributed by atoms with Gasteiger partial charge >= 0.3 is 12.1 Å². The largest absolute Gasteiger partial charge is 0.467 e. The highest BCUT2D eigenvalue weighted by Crippen LogP contribution is 2.36. The number of carbonyl (C=O) groups excluding carboxylic acids is 1. The smallest absolute Gasteiger partial charge is 0.418 e. The van der Waals surface area contributed by atoms with Gasteiger partial charge in [0.05, 0.1) is 12.0 Å². The van der Waals surface area contributed by atoms with Gasteiger partial charge in [-0.1, -0.05) is 43.7 Å². The number of nitrogens with one attached hydrogen (secondary N) is 1. The van der Waals surface area contributed by atoms with E-state index < -0.39 is 34.1 Å². The van der Waals surface area contributed by atoms with E-state index in [9.17, 15) is 26.4 Å². The molecule has 1 atom stereocenters. The van der Waals surface area contributed by atoms with Crippen LogP contribution < -0.4 is 4.72 Å². The van der Waals surface area contributed by atoms with Crippen molar-refractivity contribution in [3.63, 3.8) is 0 Å². The van der Waals surface area contributed by atoms with Gasteiger partial charge in [0.25, 0.3) is 0 Å². The molecule has 1 N–H and O–H groups in total. The van der Waals surface area contributed by atoms with Gasteiger partial charge in [-0.3, -0.25) is 0 Å². The standard InChI is InChI=1S/C16H20F3NO4S/c1-3-4-5-9-12-15(14(21)24-2,16(17,18)19)20-25(22,23)13-10-7-6-8-11-13/h5-11,20H,3-4,12H2,1-2H3/b9-5+. The van der Waals surface area contributed by atoms with Gasteiger partial charge in [0.2, 0.25) is 15.6 Å². The van der Waals surface area contributed by atoms with Crippen molar-refractivity contribution in [3.8, 4) is 0 Å². The number of halogens is 3. The van der Waals surface area contributed by atoms with Crippen molar-refractivity contribution in [3.05, 3.63) is 42.5 Å². The van der Waals surface area contributed by atoms with Crippen LogP contribution in [-0.2, 0) is 19.6 Å². The Labute approximate surface area is 144 Å². The van der Waals surface area contributed by atoms with Crippen LogP contribution in [0.4, 0.5) is 13.2 Å². The number of carbonyl (C=O) groups is 1. The molecule has 1 aromatic rings. The molecule has 0 aliphatic rings. The molecule has 25 heavy (non-hydrogen) atoms. The van der Waals surface area contributed by atoms with Crippen LogP contribution in [-0.4, -0.2) is 33.2 Å². The van der Waals surface area contributed by atoms with E-state index in [4.69, 9.17) is 0 Å². The highest BCUT2D eigenvalue weighted by atomic mass is 32.2. The summed E-state index contributed by atoms with van der Waals surface area (Å²) in [7, 11) is -3.83. The Balaban J connectivity index is 3.36. The Hall–Kier alpha value is -1.87. The van der Waals surface area contributed by atoms with Crippen molar-refractivity contribution < 1.29 is 31.1 Å². The number of hydrogen-bond acceptors (Lipinski definition) is 4. The van der Waals surface area contributed by atoms with Gasteiger partial charge in [-0.15, -0.1) is 0 Å². The number of allylic oxidation sites excluding steroid dienone is 1. The molecule has 5 nitrogen and oxygen atoms in total. The van der Waals surface area contributed by atoms with Crippen molar-refractivity contribution >= 4 is 16.0 Å². The normalized spacial score (nSPS) is 15.1. The van der Waals surface area contributed by atoms with E-state index in [1.165, 1.54) is 29.0 Å². The second-order valence-electron chi connectivity index (χ2n) is 5.28. The number of methoxy groups -OCH3 is 1. The molecule has 0 saturated heterocycles. The van der Waals surface area contributed by atoms with Gasteiger partial charge in [-0.25, -0.2) is 13.2 Å². The average Bonchev–Trinajstić information content (AvgIpc) is 2.56. The molecule has 0 saturated carbocycles. The maximum Gasteiger partial charge on any atom is 0.418 e. The lowest BCUT2D eigenvalue weighted by molar-refractivity contribution is -0.207. The summed E-state index contributed by atoms with van der Waals surface area (Å²) in [5.41, 5.74) is -3.40. The molecule has 1 unspecified atom stereocenters. The minimum Gasteiger partial charge on any atom is -0.467 e. The van der Waals surface area contributed by atoms with Gasteiger partial charge in [-0.05, 0) is 18.6 Å². The Morgan fingerprint density at radius 2 is 1.80 bits per heavy atom. The van der Waals surface area contributed by atoms with Crippen molar-refractivity contribution in [1.29, 1.82) is 0 Å². The van der Waals surface area contributed by atoms with Crippen LogP contribution in [0, 0.1) is 0 Å². The number of hydrogen-bond donors (Lipinski definition) is 1. The Bertz CT molecular complexity index is 702. The first kappa shape index (κ1) is 21.2. The fraction of sp³-hybridized carbons (Fsp3) is 0.438. The molecule has 0 heterocycles. The minimum absolute atomic E-state index is 0.384. The summed E-state index contributed by atoms with van der Waals surface area (Å²) in [5, 5.41) is 0. The van der Waals surface area contributed by atoms with Gasteiger partial charge in [0.15, 0.2) is 0 Å². The molecule has 0 amide bonds. The van der Waals surface area contributed by atoms with E-state index >= 15 is 0 Å². The molecule has 9 heteroatoms. The zero-order valence-electron chi connectivity index (χ0n) is 13.8. The first-order valence-electron chi connectivity index (χ1n) is 7.50. The van der Waals surface area contributed by atoms with Crippen LogP contribution in [0.1, 0.15) is 26.2 Å². The van der Waals surface area contributed by atoms with Crippen LogP contribution >= 0.6 is 0 Å². The van der Waals surface area contributed by atoms with Gasteiger partial charge < -0.3 is 4.74 Å². The number of unbranched alkanes of at least 4 members (excludes halogenated alkanes) is 1. The molecule has 0 aromatic heterocycles. The van der Waals surface area contributed by atoms with Gasteiger partial charge in [0, 0.05) is 6.42 Å². The quantitative estimate of drug-likeness (QED) is 0.556. The molecule has 0 radical (unpaired) electrons. The number of esters is 1. The summed E-state index contributed by atoms with van der Waals surface area (Å²) in [4.78, 5) is 11.6. The summed E-state index contributed by atoms with van der Waals surface area (Å²) in [6.45, 7) is 1.83. The third-order valence-electron chi connectivity index (χ3n) is 3.43. The highest BCUT2D eigenvalue weighted by molar-refractivity contribution is 7.89. The van der Waals surface area contributed by atoms with E-state index in [1.807, 2.05) is 6.92 Å². The minimum atomic E-state index is -5.20. The summed E-state index contributed by atoms with van der Waals surface area (Å²) in [6.07, 6.45) is -2.32. The van der Waals surface area contributed by atoms with Crippen molar-refractivity contribution in [2.75, 3.05) is 7.11 Å². The van der Waals surface area contributed by atoms with Gasteiger partial charge in [0.1, 0.15) is 0 Å². The Morgan fingerprint density at radius 3 is 2.28 bits per heavy atom. The molecular weight excluding hydrogens is 359 g/mol. The molecule has 0 aliphatic heterocycles. The highest BCUT2D eigenvalue weighted by Gasteiger charge is 2.62. The molecule has 1 aromatic carbocycles. The van der Waals surface area contributed by atoms with Crippen LogP contribution in [0.5, 0.6) is 0 Å². The number of benzene rings is 1. The van der Waals surface area contributed by atoms with Crippen LogP contribution in [0.2, 0.25) is 0 Å². The summed E-state index contributed by atoms with van der Waals surface area (Å²) >= 11 is 0. The third-order valence-corrected chi connectivity index (χ3v) is 4.94. The molecule has 0 aliphatic carbocycles. The number of rotatable bonds is 8. The van der Waals surface area contributed by atoms with E-state index in [2.05, 4.69) is 4.74 Å². The molecule has 0 fully saturated rings. The summed E-state index contributed by atoms with van der Waals surface area (Å²) in [5.74, 6) is -1.72. The van der Waals surface area contributed by atoms with E-state index in [-0.39, 0.29) is 4.90 Å². The SMILES string of the molecule is CCC/C=C/CC(NS(=O)(=O)c1ccccc1)(C(=O)OC)C(F)(F)F. The van der Waals surface area contributed by atoms with Gasteiger partial charge in [-0.2, -0.15) is 17.9 Å². The fourth-order valence-electron chi connectivity index (χ4n) is 2.06. The molecule has 140 valence electrons. The second-order valence-corrected chi connectivity index (χ2v) is 6.96. The maximum atomic E-state index is 13.7. The maximum absolute atomic E-state index is 13.7. The number of sulfonamides is 1. The molecule has 0 bridgehead atoms. The van der Waals surface area contributed by atoms with E-state index in [1.54, 1.807) is 0 Å². The van der Waals surface area contributed by atoms with Crippen LogP contribution in [0.3, 0.4) is 0 Å². The van der Waals surface area contributed by atoms with Crippen LogP contribution in [0.25, 0.3) is 0 Å². The van der Waals surface area contributed by atoms with E-state index in [0.717, 1.165) is 25.3 Å². The summed E-state index contributed by atoms with van der Waals surface area (Å²) < 4.78 is 71.6.